The van der Waals surface area contributed by atoms with E-state index in [0.717, 1.165) is 0 Å². The summed E-state index contributed by atoms with van der Waals surface area (Å²) in [6.07, 6.45) is 0.913. The highest BCUT2D eigenvalue weighted by atomic mass is 32.1. The third-order valence-corrected chi connectivity index (χ3v) is 2.28. The summed E-state index contributed by atoms with van der Waals surface area (Å²) >= 11 is 3.84. The third kappa shape index (κ3) is 2.22. The van der Waals surface area contributed by atoms with Crippen molar-refractivity contribution in [2.75, 3.05) is 0 Å². The summed E-state index contributed by atoms with van der Waals surface area (Å²) < 4.78 is -1.48. The molecule has 1 N–H and O–H groups in total. The topological polar surface area (TPSA) is 54.4 Å². The number of carboxylic acid groups (broad SMARTS) is 1. The van der Waals surface area contributed by atoms with Crippen LogP contribution in [0.4, 0.5) is 0 Å². The van der Waals surface area contributed by atoms with Crippen molar-refractivity contribution in [3.63, 3.8) is 0 Å². The number of carbonyl (C=O) groups excluding carboxylic acids is 1. The maximum atomic E-state index is 10.8. The number of hydrogen-bond donors (Lipinski definition) is 2. The summed E-state index contributed by atoms with van der Waals surface area (Å²) in [7, 11) is 0. The number of Topliss-reactive ketones (excluding diaryl/α,β-unsaturated/α-hetero) is 1. The molecule has 4 heteroatoms. The van der Waals surface area contributed by atoms with E-state index in [1.165, 1.54) is 6.92 Å². The Morgan fingerprint density at radius 3 is 2.09 bits per heavy atom. The second kappa shape index (κ2) is 3.76. The molecule has 0 spiro atoms. The van der Waals surface area contributed by atoms with Gasteiger partial charge < -0.3 is 5.11 Å². The summed E-state index contributed by atoms with van der Waals surface area (Å²) in [5.41, 5.74) is 0. The molecule has 0 radical (unpaired) electrons. The first kappa shape index (κ1) is 10.5. The minimum atomic E-state index is -1.48. The third-order valence-electron chi connectivity index (χ3n) is 1.55. The van der Waals surface area contributed by atoms with E-state index in [9.17, 15) is 9.59 Å². The zero-order chi connectivity index (χ0) is 9.07. The zero-order valence-corrected chi connectivity index (χ0v) is 7.52. The van der Waals surface area contributed by atoms with Crippen molar-refractivity contribution in [3.8, 4) is 0 Å². The minimum absolute atomic E-state index is 0.279. The number of hydrogen-bond acceptors (Lipinski definition) is 3. The van der Waals surface area contributed by atoms with Crippen molar-refractivity contribution in [1.29, 1.82) is 0 Å². The molecule has 0 saturated heterocycles. The molecule has 64 valence electrons. The Hall–Kier alpha value is -0.510. The van der Waals surface area contributed by atoms with Crippen molar-refractivity contribution in [2.24, 2.45) is 0 Å². The molecule has 0 aliphatic rings. The van der Waals surface area contributed by atoms with Gasteiger partial charge in [0.1, 0.15) is 0 Å². The van der Waals surface area contributed by atoms with Crippen molar-refractivity contribution in [3.05, 3.63) is 0 Å². The van der Waals surface area contributed by atoms with Gasteiger partial charge in [-0.15, -0.1) is 0 Å². The number of rotatable bonds is 4. The lowest BCUT2D eigenvalue weighted by Crippen LogP contribution is -2.39. The average Bonchev–Trinajstić information content (AvgIpc) is 1.87. The molecule has 0 aromatic rings. The fourth-order valence-electron chi connectivity index (χ4n) is 0.795. The summed E-state index contributed by atoms with van der Waals surface area (Å²) in [6.45, 7) is 3.06. The molecule has 0 heterocycles. The monoisotopic (exact) mass is 176 g/mol. The van der Waals surface area contributed by atoms with Gasteiger partial charge in [-0.25, -0.2) is 0 Å². The van der Waals surface area contributed by atoms with Gasteiger partial charge in [-0.3, -0.25) is 9.59 Å². The van der Waals surface area contributed by atoms with Gasteiger partial charge in [0.15, 0.2) is 10.5 Å². The highest BCUT2D eigenvalue weighted by Gasteiger charge is 2.38. The first-order valence-corrected chi connectivity index (χ1v) is 3.86. The number of carbonyl (C=O) groups is 2. The quantitative estimate of drug-likeness (QED) is 0.498. The van der Waals surface area contributed by atoms with Crippen LogP contribution in [0.25, 0.3) is 0 Å². The molecular formula is C7H12O3S. The van der Waals surface area contributed by atoms with E-state index in [1.807, 2.05) is 6.92 Å². The summed E-state index contributed by atoms with van der Waals surface area (Å²) in [5, 5.41) is 8.64. The highest BCUT2D eigenvalue weighted by molar-refractivity contribution is 7.83. The van der Waals surface area contributed by atoms with Crippen LogP contribution in [0.15, 0.2) is 0 Å². The van der Waals surface area contributed by atoms with Gasteiger partial charge in [-0.2, -0.15) is 12.6 Å². The van der Waals surface area contributed by atoms with Crippen molar-refractivity contribution >= 4 is 24.4 Å². The smallest absolute Gasteiger partial charge is 0.327 e. The average molecular weight is 176 g/mol. The largest absolute Gasteiger partial charge is 0.480 e. The Labute approximate surface area is 71.2 Å². The van der Waals surface area contributed by atoms with E-state index >= 15 is 0 Å². The molecule has 1 atom stereocenters. The second-order valence-corrected chi connectivity index (χ2v) is 3.24. The van der Waals surface area contributed by atoms with E-state index in [4.69, 9.17) is 5.11 Å². The van der Waals surface area contributed by atoms with Gasteiger partial charge >= 0.3 is 5.97 Å². The van der Waals surface area contributed by atoms with Crippen molar-refractivity contribution in [1.82, 2.24) is 0 Å². The number of carboxylic acids is 1. The van der Waals surface area contributed by atoms with Crippen LogP contribution in [-0.2, 0) is 9.59 Å². The Bertz CT molecular complexity index is 163. The van der Waals surface area contributed by atoms with Gasteiger partial charge in [0.05, 0.1) is 0 Å². The predicted molar refractivity (Wildman–Crippen MR) is 44.9 cm³/mol. The Morgan fingerprint density at radius 1 is 1.55 bits per heavy atom. The maximum absolute atomic E-state index is 10.8. The van der Waals surface area contributed by atoms with Gasteiger partial charge in [0, 0.05) is 0 Å². The lowest BCUT2D eigenvalue weighted by molar-refractivity contribution is -0.143. The van der Waals surface area contributed by atoms with Crippen molar-refractivity contribution in [2.45, 2.75) is 31.4 Å². The molecule has 0 saturated carbocycles. The van der Waals surface area contributed by atoms with Crippen LogP contribution in [-0.4, -0.2) is 21.6 Å². The van der Waals surface area contributed by atoms with Crippen LogP contribution >= 0.6 is 12.6 Å². The second-order valence-electron chi connectivity index (χ2n) is 2.47. The SMILES string of the molecule is CCCC(S)(C(C)=O)C(=O)O. The molecule has 0 aromatic carbocycles. The van der Waals surface area contributed by atoms with E-state index in [1.54, 1.807) is 0 Å². The molecule has 0 amide bonds. The first-order valence-electron chi connectivity index (χ1n) is 3.42. The number of thiol groups is 1. The van der Waals surface area contributed by atoms with Gasteiger partial charge in [0.2, 0.25) is 0 Å². The van der Waals surface area contributed by atoms with E-state index < -0.39 is 16.5 Å². The first-order chi connectivity index (χ1) is 4.95. The Morgan fingerprint density at radius 2 is 2.00 bits per heavy atom. The predicted octanol–water partition coefficient (Wildman–Crippen LogP) is 1.13. The fraction of sp³-hybridized carbons (Fsp3) is 0.714. The molecule has 1 unspecified atom stereocenters. The van der Waals surface area contributed by atoms with E-state index in [2.05, 4.69) is 12.6 Å². The molecule has 0 aliphatic heterocycles. The zero-order valence-electron chi connectivity index (χ0n) is 6.63. The van der Waals surface area contributed by atoms with Crippen LogP contribution in [0.5, 0.6) is 0 Å². The minimum Gasteiger partial charge on any atom is -0.480 e. The van der Waals surface area contributed by atoms with E-state index in [0.29, 0.717) is 6.42 Å². The molecule has 0 fully saturated rings. The molecule has 0 aliphatic carbocycles. The van der Waals surface area contributed by atoms with Crippen molar-refractivity contribution < 1.29 is 14.7 Å². The highest BCUT2D eigenvalue weighted by Crippen LogP contribution is 2.22. The molecule has 0 rings (SSSR count). The van der Waals surface area contributed by atoms with Gasteiger partial charge in [-0.05, 0) is 13.3 Å². The number of aliphatic carboxylic acids is 1. The standard InChI is InChI=1S/C7H12O3S/c1-3-4-7(11,5(2)8)6(9)10/h11H,3-4H2,1-2H3,(H,9,10). The maximum Gasteiger partial charge on any atom is 0.327 e. The summed E-state index contributed by atoms with van der Waals surface area (Å²) in [6, 6.07) is 0. The van der Waals surface area contributed by atoms with Crippen LogP contribution in [0, 0.1) is 0 Å². The van der Waals surface area contributed by atoms with Gasteiger partial charge in [0.25, 0.3) is 0 Å². The van der Waals surface area contributed by atoms with Crippen LogP contribution < -0.4 is 0 Å². The van der Waals surface area contributed by atoms with Crippen LogP contribution in [0.1, 0.15) is 26.7 Å². The van der Waals surface area contributed by atoms with Crippen LogP contribution in [0.3, 0.4) is 0 Å². The van der Waals surface area contributed by atoms with Gasteiger partial charge in [-0.1, -0.05) is 13.3 Å². The molecular weight excluding hydrogens is 164 g/mol. The Kier molecular flexibility index (Phi) is 3.58. The lowest BCUT2D eigenvalue weighted by atomic mass is 9.99. The van der Waals surface area contributed by atoms with E-state index in [-0.39, 0.29) is 6.42 Å². The summed E-state index contributed by atoms with van der Waals surface area (Å²) in [4.78, 5) is 21.4. The van der Waals surface area contributed by atoms with Crippen LogP contribution in [0.2, 0.25) is 0 Å². The molecule has 3 nitrogen and oxygen atoms in total. The molecule has 11 heavy (non-hydrogen) atoms. The fourth-order valence-corrected chi connectivity index (χ4v) is 1.02. The molecule has 0 aromatic heterocycles. The number of ketones is 1. The molecule has 0 bridgehead atoms. The summed E-state index contributed by atoms with van der Waals surface area (Å²) in [5.74, 6) is -1.56. The Balaban J connectivity index is 4.52. The normalized spacial score (nSPS) is 15.5. The lowest BCUT2D eigenvalue weighted by Gasteiger charge is -2.18.